The van der Waals surface area contributed by atoms with Gasteiger partial charge < -0.3 is 16.0 Å². The molecule has 3 aromatic carbocycles. The smallest absolute Gasteiger partial charge is 0.254 e. The summed E-state index contributed by atoms with van der Waals surface area (Å²) in [6, 6.07) is 14.5. The van der Waals surface area contributed by atoms with Gasteiger partial charge in [0.25, 0.3) is 5.91 Å². The Kier molecular flexibility index (Phi) is 6.97. The van der Waals surface area contributed by atoms with Crippen LogP contribution in [0.5, 0.6) is 0 Å². The molecule has 0 unspecified atom stereocenters. The molecule has 170 valence electrons. The van der Waals surface area contributed by atoms with Crippen molar-refractivity contribution in [3.63, 3.8) is 0 Å². The lowest BCUT2D eigenvalue weighted by Gasteiger charge is -2.25. The second-order valence-electron chi connectivity index (χ2n) is 7.58. The van der Waals surface area contributed by atoms with Crippen LogP contribution in [-0.4, -0.2) is 23.6 Å². The third kappa shape index (κ3) is 5.35. The summed E-state index contributed by atoms with van der Waals surface area (Å²) in [5.41, 5.74) is 7.75. The normalized spacial score (nSPS) is 15.7. The second-order valence-corrected chi connectivity index (χ2v) is 9.08. The molecular formula is C24H20ClF2N3O2S. The number of hydrogen-bond donors (Lipinski definition) is 2. The Labute approximate surface area is 198 Å². The summed E-state index contributed by atoms with van der Waals surface area (Å²) in [6.45, 7) is 0.294. The average molecular weight is 488 g/mol. The minimum Gasteiger partial charge on any atom is -0.348 e. The highest BCUT2D eigenvalue weighted by atomic mass is 35.5. The molecule has 3 N–H and O–H groups in total. The predicted molar refractivity (Wildman–Crippen MR) is 125 cm³/mol. The van der Waals surface area contributed by atoms with E-state index in [-0.39, 0.29) is 30.4 Å². The highest BCUT2D eigenvalue weighted by Crippen LogP contribution is 2.37. The fourth-order valence-electron chi connectivity index (χ4n) is 3.43. The van der Waals surface area contributed by atoms with Crippen LogP contribution in [-0.2, 0) is 17.9 Å². The summed E-state index contributed by atoms with van der Waals surface area (Å²) >= 11 is 7.23. The molecule has 0 saturated carbocycles. The molecule has 0 bridgehead atoms. The molecule has 0 radical (unpaired) electrons. The topological polar surface area (TPSA) is 75.4 Å². The number of nitrogens with one attached hydrogen (secondary N) is 1. The number of hydrogen-bond acceptors (Lipinski definition) is 4. The Morgan fingerprint density at radius 1 is 1.09 bits per heavy atom. The fraction of sp³-hybridized carbons (Fsp3) is 0.167. The third-order valence-electron chi connectivity index (χ3n) is 5.21. The van der Waals surface area contributed by atoms with Crippen molar-refractivity contribution in [2.45, 2.75) is 24.0 Å². The number of anilines is 1. The van der Waals surface area contributed by atoms with Gasteiger partial charge in [0.05, 0.1) is 23.8 Å². The Bertz CT molecular complexity index is 1190. The number of benzene rings is 3. The molecule has 0 saturated heterocycles. The molecule has 2 amide bonds. The van der Waals surface area contributed by atoms with Gasteiger partial charge in [-0.25, -0.2) is 8.78 Å². The lowest BCUT2D eigenvalue weighted by Crippen LogP contribution is -2.44. The molecule has 1 heterocycles. The maximum Gasteiger partial charge on any atom is 0.254 e. The minimum absolute atomic E-state index is 0.0999. The Morgan fingerprint density at radius 2 is 1.76 bits per heavy atom. The van der Waals surface area contributed by atoms with Crippen molar-refractivity contribution in [3.8, 4) is 0 Å². The lowest BCUT2D eigenvalue weighted by atomic mass is 10.1. The van der Waals surface area contributed by atoms with E-state index in [1.54, 1.807) is 24.3 Å². The predicted octanol–water partition coefficient (Wildman–Crippen LogP) is 4.51. The van der Waals surface area contributed by atoms with Gasteiger partial charge in [0.1, 0.15) is 11.6 Å². The molecule has 5 nitrogen and oxygen atoms in total. The van der Waals surface area contributed by atoms with Gasteiger partial charge in [0.15, 0.2) is 0 Å². The maximum absolute atomic E-state index is 14.9. The van der Waals surface area contributed by atoms with Crippen molar-refractivity contribution in [2.24, 2.45) is 5.73 Å². The van der Waals surface area contributed by atoms with Crippen LogP contribution >= 0.6 is 23.4 Å². The van der Waals surface area contributed by atoms with Gasteiger partial charge >= 0.3 is 0 Å². The standard InChI is InChI=1S/C24H20ClF2N3O2S/c25-16-5-1-15(2-6-16)12-30-21-9-18(19(27)10-22(21)33-13-20(28)24(30)32)23(31)29-11-14-3-7-17(26)8-4-14/h1-10,20H,11-13,28H2,(H,29,31)/t20-/m0/s1. The van der Waals surface area contributed by atoms with Crippen molar-refractivity contribution < 1.29 is 18.4 Å². The van der Waals surface area contributed by atoms with E-state index in [1.807, 2.05) is 0 Å². The number of carbonyl (C=O) groups is 2. The minimum atomic E-state index is -0.770. The SMILES string of the molecule is N[C@H]1CSc2cc(F)c(C(=O)NCc3ccc(F)cc3)cc2N(Cc2ccc(Cl)cc2)C1=O. The highest BCUT2D eigenvalue weighted by Gasteiger charge is 2.30. The Morgan fingerprint density at radius 3 is 2.45 bits per heavy atom. The van der Waals surface area contributed by atoms with E-state index in [0.29, 0.717) is 26.9 Å². The zero-order valence-corrected chi connectivity index (χ0v) is 18.9. The third-order valence-corrected chi connectivity index (χ3v) is 6.62. The number of nitrogens with zero attached hydrogens (tertiary/aromatic N) is 1. The first kappa shape index (κ1) is 23.2. The molecule has 3 aromatic rings. The van der Waals surface area contributed by atoms with E-state index >= 15 is 0 Å². The first-order valence-electron chi connectivity index (χ1n) is 10.1. The summed E-state index contributed by atoms with van der Waals surface area (Å²) in [4.78, 5) is 27.8. The number of nitrogens with two attached hydrogens (primary N) is 1. The molecule has 9 heteroatoms. The number of amides is 2. The maximum atomic E-state index is 14.9. The molecular weight excluding hydrogens is 468 g/mol. The van der Waals surface area contributed by atoms with E-state index in [4.69, 9.17) is 17.3 Å². The first-order valence-corrected chi connectivity index (χ1v) is 11.5. The van der Waals surface area contributed by atoms with E-state index in [0.717, 1.165) is 5.56 Å². The number of fused-ring (bicyclic) bond motifs is 1. The molecule has 4 rings (SSSR count). The molecule has 0 spiro atoms. The van der Waals surface area contributed by atoms with Crippen molar-refractivity contribution in [3.05, 3.63) is 94.0 Å². The van der Waals surface area contributed by atoms with Crippen LogP contribution < -0.4 is 16.0 Å². The quantitative estimate of drug-likeness (QED) is 0.555. The van der Waals surface area contributed by atoms with Crippen molar-refractivity contribution in [2.75, 3.05) is 10.7 Å². The van der Waals surface area contributed by atoms with Crippen LogP contribution in [0.25, 0.3) is 0 Å². The lowest BCUT2D eigenvalue weighted by molar-refractivity contribution is -0.119. The van der Waals surface area contributed by atoms with Gasteiger partial charge in [-0.1, -0.05) is 35.9 Å². The average Bonchev–Trinajstić information content (AvgIpc) is 2.91. The summed E-state index contributed by atoms with van der Waals surface area (Å²) < 4.78 is 27.9. The number of carbonyl (C=O) groups excluding carboxylic acids is 2. The zero-order valence-electron chi connectivity index (χ0n) is 17.4. The molecule has 0 aromatic heterocycles. The molecule has 0 fully saturated rings. The summed E-state index contributed by atoms with van der Waals surface area (Å²) in [6.07, 6.45) is 0. The molecule has 33 heavy (non-hydrogen) atoms. The summed E-state index contributed by atoms with van der Waals surface area (Å²) in [7, 11) is 0. The summed E-state index contributed by atoms with van der Waals surface area (Å²) in [5.74, 6) is -1.76. The fourth-order valence-corrected chi connectivity index (χ4v) is 4.56. The highest BCUT2D eigenvalue weighted by molar-refractivity contribution is 7.99. The van der Waals surface area contributed by atoms with Crippen LogP contribution in [0.3, 0.4) is 0 Å². The van der Waals surface area contributed by atoms with Gasteiger partial charge in [-0.15, -0.1) is 11.8 Å². The van der Waals surface area contributed by atoms with Crippen LogP contribution in [0.4, 0.5) is 14.5 Å². The summed E-state index contributed by atoms with van der Waals surface area (Å²) in [5, 5.41) is 3.20. The van der Waals surface area contributed by atoms with Gasteiger partial charge in [-0.05, 0) is 47.5 Å². The van der Waals surface area contributed by atoms with Crippen molar-refractivity contribution >= 4 is 40.9 Å². The van der Waals surface area contributed by atoms with E-state index < -0.39 is 17.8 Å². The van der Waals surface area contributed by atoms with Gasteiger partial charge in [-0.3, -0.25) is 9.59 Å². The molecule has 0 aliphatic carbocycles. The van der Waals surface area contributed by atoms with Gasteiger partial charge in [0.2, 0.25) is 5.91 Å². The zero-order chi connectivity index (χ0) is 23.5. The molecule has 1 aliphatic rings. The number of rotatable bonds is 5. The number of halogens is 3. The van der Waals surface area contributed by atoms with E-state index in [1.165, 1.54) is 53.1 Å². The van der Waals surface area contributed by atoms with E-state index in [9.17, 15) is 18.4 Å². The van der Waals surface area contributed by atoms with Crippen LogP contribution in [0.1, 0.15) is 21.5 Å². The van der Waals surface area contributed by atoms with E-state index in [2.05, 4.69) is 5.32 Å². The Balaban J connectivity index is 1.64. The monoisotopic (exact) mass is 487 g/mol. The van der Waals surface area contributed by atoms with Crippen molar-refractivity contribution in [1.29, 1.82) is 0 Å². The molecule has 1 aliphatic heterocycles. The second kappa shape index (κ2) is 9.91. The van der Waals surface area contributed by atoms with Gasteiger partial charge in [-0.2, -0.15) is 0 Å². The number of thioether (sulfide) groups is 1. The first-order chi connectivity index (χ1) is 15.8. The van der Waals surface area contributed by atoms with Gasteiger partial charge in [0, 0.05) is 22.2 Å². The Hall–Kier alpha value is -2.94. The largest absolute Gasteiger partial charge is 0.348 e. The van der Waals surface area contributed by atoms with Crippen LogP contribution in [0, 0.1) is 11.6 Å². The van der Waals surface area contributed by atoms with Crippen LogP contribution in [0.15, 0.2) is 65.6 Å². The van der Waals surface area contributed by atoms with Crippen LogP contribution in [0.2, 0.25) is 5.02 Å². The van der Waals surface area contributed by atoms with Crippen molar-refractivity contribution in [1.82, 2.24) is 5.32 Å². The molecule has 1 atom stereocenters.